The predicted molar refractivity (Wildman–Crippen MR) is 69.1 cm³/mol. The lowest BCUT2D eigenvalue weighted by atomic mass is 10.2. The standard InChI is InChI=1S/C11H5BrClF2N3O/c12-5-3-6(14)10(7(15)4-5)16-11(19)8-1-2-9(13)18-17-8/h1-4H,(H,16,19). The SMILES string of the molecule is O=C(Nc1c(F)cc(Br)cc1F)c1ccc(Cl)nn1. The number of rotatable bonds is 2. The van der Waals surface area contributed by atoms with Gasteiger partial charge in [-0.25, -0.2) is 8.78 Å². The number of amides is 1. The summed E-state index contributed by atoms with van der Waals surface area (Å²) < 4.78 is 27.2. The molecule has 8 heteroatoms. The summed E-state index contributed by atoms with van der Waals surface area (Å²) in [5.41, 5.74) is -0.656. The van der Waals surface area contributed by atoms with Gasteiger partial charge in [-0.1, -0.05) is 27.5 Å². The van der Waals surface area contributed by atoms with Gasteiger partial charge in [0.25, 0.3) is 5.91 Å². The first-order valence-corrected chi connectivity index (χ1v) is 6.09. The first kappa shape index (κ1) is 13.8. The van der Waals surface area contributed by atoms with Gasteiger partial charge < -0.3 is 5.32 Å². The number of hydrogen-bond acceptors (Lipinski definition) is 3. The van der Waals surface area contributed by atoms with Gasteiger partial charge in [0.1, 0.15) is 5.69 Å². The number of halogens is 4. The number of anilines is 1. The number of nitrogens with zero attached hydrogens (tertiary/aromatic N) is 2. The van der Waals surface area contributed by atoms with Crippen molar-refractivity contribution >= 4 is 39.1 Å². The fraction of sp³-hybridized carbons (Fsp3) is 0. The molecule has 1 amide bonds. The maximum Gasteiger partial charge on any atom is 0.276 e. The zero-order valence-electron chi connectivity index (χ0n) is 9.12. The third kappa shape index (κ3) is 3.24. The van der Waals surface area contributed by atoms with Crippen LogP contribution in [0.1, 0.15) is 10.5 Å². The molecule has 0 spiro atoms. The van der Waals surface area contributed by atoms with E-state index in [2.05, 4.69) is 31.4 Å². The Bertz CT molecular complexity index is 613. The summed E-state index contributed by atoms with van der Waals surface area (Å²) >= 11 is 8.45. The van der Waals surface area contributed by atoms with Crippen molar-refractivity contribution < 1.29 is 13.6 Å². The Morgan fingerprint density at radius 3 is 2.37 bits per heavy atom. The highest BCUT2D eigenvalue weighted by Crippen LogP contribution is 2.24. The van der Waals surface area contributed by atoms with Crippen LogP contribution in [0.4, 0.5) is 14.5 Å². The Kier molecular flexibility index (Phi) is 4.06. The molecule has 0 aliphatic rings. The van der Waals surface area contributed by atoms with E-state index in [1.807, 2.05) is 0 Å². The molecule has 0 aliphatic heterocycles. The third-order valence-corrected chi connectivity index (χ3v) is 2.77. The fourth-order valence-electron chi connectivity index (χ4n) is 1.28. The minimum absolute atomic E-state index is 0.105. The monoisotopic (exact) mass is 347 g/mol. The molecule has 4 nitrogen and oxygen atoms in total. The van der Waals surface area contributed by atoms with Crippen molar-refractivity contribution in [1.29, 1.82) is 0 Å². The Labute approximate surface area is 119 Å². The summed E-state index contributed by atoms with van der Waals surface area (Å²) in [6, 6.07) is 4.70. The summed E-state index contributed by atoms with van der Waals surface area (Å²) in [7, 11) is 0. The number of carbonyl (C=O) groups excluding carboxylic acids is 1. The largest absolute Gasteiger partial charge is 0.316 e. The highest BCUT2D eigenvalue weighted by atomic mass is 79.9. The van der Waals surface area contributed by atoms with Crippen molar-refractivity contribution in [3.63, 3.8) is 0 Å². The van der Waals surface area contributed by atoms with Crippen molar-refractivity contribution in [2.45, 2.75) is 0 Å². The highest BCUT2D eigenvalue weighted by molar-refractivity contribution is 9.10. The summed E-state index contributed by atoms with van der Waals surface area (Å²) in [5.74, 6) is -2.59. The lowest BCUT2D eigenvalue weighted by Crippen LogP contribution is -2.16. The van der Waals surface area contributed by atoms with Crippen molar-refractivity contribution in [2.75, 3.05) is 5.32 Å². The van der Waals surface area contributed by atoms with Crippen molar-refractivity contribution in [2.24, 2.45) is 0 Å². The topological polar surface area (TPSA) is 54.9 Å². The number of nitrogens with one attached hydrogen (secondary N) is 1. The highest BCUT2D eigenvalue weighted by Gasteiger charge is 2.15. The average Bonchev–Trinajstić information content (AvgIpc) is 2.34. The van der Waals surface area contributed by atoms with E-state index < -0.39 is 23.2 Å². The van der Waals surface area contributed by atoms with Gasteiger partial charge in [0, 0.05) is 4.47 Å². The van der Waals surface area contributed by atoms with Crippen LogP contribution in [0.25, 0.3) is 0 Å². The summed E-state index contributed by atoms with van der Waals surface area (Å²) in [5, 5.41) is 9.16. The molecule has 1 aromatic heterocycles. The van der Waals surface area contributed by atoms with Gasteiger partial charge in [0.2, 0.25) is 0 Å². The number of hydrogen-bond donors (Lipinski definition) is 1. The molecule has 98 valence electrons. The molecule has 0 fully saturated rings. The van der Waals surface area contributed by atoms with Crippen LogP contribution in [0.5, 0.6) is 0 Å². The summed E-state index contributed by atoms with van der Waals surface area (Å²) in [4.78, 5) is 11.7. The molecule has 0 aliphatic carbocycles. The van der Waals surface area contributed by atoms with Crippen LogP contribution in [-0.2, 0) is 0 Å². The predicted octanol–water partition coefficient (Wildman–Crippen LogP) is 3.42. The Morgan fingerprint density at radius 2 is 1.84 bits per heavy atom. The zero-order valence-corrected chi connectivity index (χ0v) is 11.5. The molecule has 0 saturated heterocycles. The maximum absolute atomic E-state index is 13.5. The van der Waals surface area contributed by atoms with E-state index in [1.165, 1.54) is 12.1 Å². The minimum Gasteiger partial charge on any atom is -0.316 e. The van der Waals surface area contributed by atoms with Gasteiger partial charge in [-0.05, 0) is 24.3 Å². The van der Waals surface area contributed by atoms with Gasteiger partial charge in [-0.2, -0.15) is 0 Å². The van der Waals surface area contributed by atoms with Gasteiger partial charge in [-0.3, -0.25) is 4.79 Å². The van der Waals surface area contributed by atoms with E-state index >= 15 is 0 Å². The first-order chi connectivity index (χ1) is 8.97. The molecule has 0 bridgehead atoms. The van der Waals surface area contributed by atoms with Gasteiger partial charge in [0.05, 0.1) is 0 Å². The number of aromatic nitrogens is 2. The molecule has 1 N–H and O–H groups in total. The lowest BCUT2D eigenvalue weighted by molar-refractivity contribution is 0.102. The normalized spacial score (nSPS) is 10.3. The number of benzene rings is 1. The molecule has 0 saturated carbocycles. The maximum atomic E-state index is 13.5. The van der Waals surface area contributed by atoms with Crippen LogP contribution >= 0.6 is 27.5 Å². The molecule has 2 rings (SSSR count). The quantitative estimate of drug-likeness (QED) is 0.905. The second kappa shape index (κ2) is 5.58. The van der Waals surface area contributed by atoms with E-state index in [9.17, 15) is 13.6 Å². The van der Waals surface area contributed by atoms with Crippen LogP contribution in [0.15, 0.2) is 28.7 Å². The van der Waals surface area contributed by atoms with E-state index in [4.69, 9.17) is 11.6 Å². The van der Waals surface area contributed by atoms with Gasteiger partial charge in [-0.15, -0.1) is 10.2 Å². The summed E-state index contributed by atoms with van der Waals surface area (Å²) in [6.45, 7) is 0. The van der Waals surface area contributed by atoms with E-state index in [0.29, 0.717) is 0 Å². The second-order valence-electron chi connectivity index (χ2n) is 3.44. The second-order valence-corrected chi connectivity index (χ2v) is 4.74. The molecule has 1 aromatic carbocycles. The van der Waals surface area contributed by atoms with Crippen molar-refractivity contribution in [3.8, 4) is 0 Å². The first-order valence-electron chi connectivity index (χ1n) is 4.92. The molecule has 0 atom stereocenters. The van der Waals surface area contributed by atoms with Crippen LogP contribution in [-0.4, -0.2) is 16.1 Å². The Hall–Kier alpha value is -1.60. The molecule has 1 heterocycles. The van der Waals surface area contributed by atoms with Crippen LogP contribution in [0.3, 0.4) is 0 Å². The van der Waals surface area contributed by atoms with Crippen LogP contribution < -0.4 is 5.32 Å². The van der Waals surface area contributed by atoms with Gasteiger partial charge >= 0.3 is 0 Å². The third-order valence-electron chi connectivity index (χ3n) is 2.11. The zero-order chi connectivity index (χ0) is 14.0. The molecular weight excluding hydrogens is 343 g/mol. The summed E-state index contributed by atoms with van der Waals surface area (Å²) in [6.07, 6.45) is 0. The molecule has 19 heavy (non-hydrogen) atoms. The van der Waals surface area contributed by atoms with E-state index in [-0.39, 0.29) is 15.3 Å². The van der Waals surface area contributed by atoms with Crippen molar-refractivity contribution in [3.05, 3.63) is 51.2 Å². The van der Waals surface area contributed by atoms with Crippen LogP contribution in [0.2, 0.25) is 5.15 Å². The molecule has 0 radical (unpaired) electrons. The average molecular weight is 349 g/mol. The minimum atomic E-state index is -0.901. The van der Waals surface area contributed by atoms with E-state index in [1.54, 1.807) is 0 Å². The van der Waals surface area contributed by atoms with E-state index in [0.717, 1.165) is 12.1 Å². The lowest BCUT2D eigenvalue weighted by Gasteiger charge is -2.07. The van der Waals surface area contributed by atoms with Crippen LogP contribution in [0, 0.1) is 11.6 Å². The Balaban J connectivity index is 2.26. The molecule has 2 aromatic rings. The van der Waals surface area contributed by atoms with Crippen molar-refractivity contribution in [1.82, 2.24) is 10.2 Å². The Morgan fingerprint density at radius 1 is 1.21 bits per heavy atom. The van der Waals surface area contributed by atoms with Gasteiger partial charge in [0.15, 0.2) is 22.5 Å². The smallest absolute Gasteiger partial charge is 0.276 e. The fourth-order valence-corrected chi connectivity index (χ4v) is 1.78. The number of carbonyl (C=O) groups is 1. The molecular formula is C11H5BrClF2N3O. The molecule has 0 unspecified atom stereocenters.